The monoisotopic (exact) mass is 556 g/mol. The minimum absolute atomic E-state index is 0.0265. The van der Waals surface area contributed by atoms with E-state index in [1.165, 1.54) is 0 Å². The number of nitrogens with one attached hydrogen (secondary N) is 2. The van der Waals surface area contributed by atoms with E-state index < -0.39 is 25.5 Å². The molecule has 0 spiro atoms. The van der Waals surface area contributed by atoms with Gasteiger partial charge in [-0.05, 0) is 69.8 Å². The number of esters is 2. The molecule has 9 nitrogen and oxygen atoms in total. The third-order valence-corrected chi connectivity index (χ3v) is 9.35. The lowest BCUT2D eigenvalue weighted by Crippen LogP contribution is -2.37. The zero-order valence-electron chi connectivity index (χ0n) is 22.9. The summed E-state index contributed by atoms with van der Waals surface area (Å²) in [5.41, 5.74) is 4.27. The Morgan fingerprint density at radius 2 is 2.05 bits per heavy atom. The number of aromatic hydroxyl groups is 1. The second-order valence-electron chi connectivity index (χ2n) is 10.1. The van der Waals surface area contributed by atoms with E-state index in [1.54, 1.807) is 31.2 Å². The van der Waals surface area contributed by atoms with Crippen molar-refractivity contribution in [2.45, 2.75) is 65.7 Å². The molecule has 2 aliphatic heterocycles. The Kier molecular flexibility index (Phi) is 9.15. The van der Waals surface area contributed by atoms with Crippen LogP contribution in [-0.2, 0) is 38.3 Å². The number of hydrogen-bond acceptors (Lipinski definition) is 8. The van der Waals surface area contributed by atoms with Crippen molar-refractivity contribution in [1.29, 1.82) is 0 Å². The van der Waals surface area contributed by atoms with Crippen LogP contribution < -0.4 is 14.9 Å². The minimum Gasteiger partial charge on any atom is -0.507 e. The SMILES string of the molecule is CCc1c(C)c2c(c(O)c1C/C=C(\C)CP(=O)(N[C@@H](C)C(=O)O[C@H]1CCNC1)Oc1ccccc1)C(=O)OC2. The zero-order valence-corrected chi connectivity index (χ0v) is 23.8. The summed E-state index contributed by atoms with van der Waals surface area (Å²) in [6.07, 6.45) is 3.45. The van der Waals surface area contributed by atoms with Crippen LogP contribution in [0.25, 0.3) is 0 Å². The van der Waals surface area contributed by atoms with Gasteiger partial charge in [0.2, 0.25) is 0 Å². The Balaban J connectivity index is 1.55. The molecule has 10 heteroatoms. The average molecular weight is 557 g/mol. The second-order valence-corrected chi connectivity index (χ2v) is 12.2. The first-order valence-corrected chi connectivity index (χ1v) is 15.1. The van der Waals surface area contributed by atoms with Crippen LogP contribution >= 0.6 is 7.52 Å². The number of carbonyl (C=O) groups excluding carboxylic acids is 2. The summed E-state index contributed by atoms with van der Waals surface area (Å²) >= 11 is 0. The van der Waals surface area contributed by atoms with Gasteiger partial charge in [0.1, 0.15) is 35.8 Å². The fraction of sp³-hybridized carbons (Fsp3) is 0.448. The van der Waals surface area contributed by atoms with Crippen LogP contribution in [0.15, 0.2) is 42.0 Å². The molecule has 0 aromatic heterocycles. The molecule has 2 aromatic rings. The number of allylic oxidation sites excluding steroid dienone is 2. The van der Waals surface area contributed by atoms with Crippen molar-refractivity contribution < 1.29 is 33.3 Å². The lowest BCUT2D eigenvalue weighted by Gasteiger charge is -2.25. The van der Waals surface area contributed by atoms with Gasteiger partial charge in [0.25, 0.3) is 0 Å². The van der Waals surface area contributed by atoms with E-state index in [1.807, 2.05) is 32.9 Å². The second kappa shape index (κ2) is 12.4. The summed E-state index contributed by atoms with van der Waals surface area (Å²) in [5, 5.41) is 17.0. The maximum atomic E-state index is 14.1. The van der Waals surface area contributed by atoms with Crippen LogP contribution in [0.1, 0.15) is 59.8 Å². The van der Waals surface area contributed by atoms with E-state index >= 15 is 0 Å². The van der Waals surface area contributed by atoms with Crippen LogP contribution in [0.3, 0.4) is 0 Å². The first-order chi connectivity index (χ1) is 18.6. The smallest absolute Gasteiger partial charge is 0.342 e. The van der Waals surface area contributed by atoms with Gasteiger partial charge in [-0.25, -0.2) is 9.88 Å². The average Bonchev–Trinajstić information content (AvgIpc) is 3.55. The maximum absolute atomic E-state index is 14.1. The molecule has 2 aromatic carbocycles. The predicted octanol–water partition coefficient (Wildman–Crippen LogP) is 4.58. The Bertz CT molecular complexity index is 1300. The molecule has 210 valence electrons. The molecule has 1 fully saturated rings. The summed E-state index contributed by atoms with van der Waals surface area (Å²) in [6.45, 7) is 8.94. The van der Waals surface area contributed by atoms with Crippen LogP contribution in [0.4, 0.5) is 0 Å². The van der Waals surface area contributed by atoms with E-state index in [4.69, 9.17) is 14.0 Å². The number of cyclic esters (lactones) is 1. The standard InChI is InChI=1S/C29H37N2O7P/c1-5-23-19(3)25-16-36-29(34)26(25)27(32)24(23)12-11-18(2)17-39(35,38-21-9-7-6-8-10-21)31-20(4)28(33)37-22-13-14-30-15-22/h6-11,20,22,30,32H,5,12-17H2,1-4H3,(H,31,35)/b18-11+/t20-,22-,39?/m0/s1. The normalized spacial score (nSPS) is 19.2. The number of phenols is 1. The van der Waals surface area contributed by atoms with Crippen molar-refractivity contribution in [3.8, 4) is 11.5 Å². The van der Waals surface area contributed by atoms with Gasteiger partial charge in [-0.2, -0.15) is 0 Å². The third-order valence-electron chi connectivity index (χ3n) is 7.15. The first-order valence-electron chi connectivity index (χ1n) is 13.3. The number of para-hydroxylation sites is 1. The molecule has 0 bridgehead atoms. The highest BCUT2D eigenvalue weighted by atomic mass is 31.2. The number of hydrogen-bond donors (Lipinski definition) is 3. The first kappa shape index (κ1) is 28.9. The molecule has 3 N–H and O–H groups in total. The van der Waals surface area contributed by atoms with Gasteiger partial charge in [0, 0.05) is 17.7 Å². The summed E-state index contributed by atoms with van der Waals surface area (Å²) in [7, 11) is -3.61. The molecule has 4 rings (SSSR count). The largest absolute Gasteiger partial charge is 0.507 e. The molecule has 0 radical (unpaired) electrons. The van der Waals surface area contributed by atoms with Crippen molar-refractivity contribution in [2.75, 3.05) is 19.3 Å². The Morgan fingerprint density at radius 1 is 1.31 bits per heavy atom. The fourth-order valence-corrected chi connectivity index (χ4v) is 7.26. The van der Waals surface area contributed by atoms with E-state index in [9.17, 15) is 19.3 Å². The molecule has 0 saturated carbocycles. The number of ether oxygens (including phenoxy) is 2. The van der Waals surface area contributed by atoms with E-state index in [0.717, 1.165) is 35.2 Å². The van der Waals surface area contributed by atoms with Crippen molar-refractivity contribution in [3.05, 3.63) is 69.8 Å². The summed E-state index contributed by atoms with van der Waals surface area (Å²) < 4.78 is 30.8. The van der Waals surface area contributed by atoms with Gasteiger partial charge in [0.15, 0.2) is 0 Å². The van der Waals surface area contributed by atoms with Gasteiger partial charge in [0.05, 0.1) is 6.16 Å². The number of carbonyl (C=O) groups is 2. The summed E-state index contributed by atoms with van der Waals surface area (Å²) in [4.78, 5) is 25.0. The third kappa shape index (κ3) is 6.72. The van der Waals surface area contributed by atoms with E-state index in [0.29, 0.717) is 30.7 Å². The van der Waals surface area contributed by atoms with Crippen molar-refractivity contribution in [1.82, 2.24) is 10.4 Å². The highest BCUT2D eigenvalue weighted by Crippen LogP contribution is 2.45. The molecule has 1 saturated heterocycles. The zero-order chi connectivity index (χ0) is 28.2. The fourth-order valence-electron chi connectivity index (χ4n) is 5.11. The molecular formula is C29H37N2O7P. The molecule has 2 heterocycles. The molecule has 3 atom stereocenters. The summed E-state index contributed by atoms with van der Waals surface area (Å²) in [6, 6.07) is 7.95. The molecule has 2 aliphatic rings. The van der Waals surface area contributed by atoms with Gasteiger partial charge in [-0.15, -0.1) is 0 Å². The van der Waals surface area contributed by atoms with Gasteiger partial charge in [-0.1, -0.05) is 36.8 Å². The Morgan fingerprint density at radius 3 is 2.72 bits per heavy atom. The quantitative estimate of drug-likeness (QED) is 0.207. The van der Waals surface area contributed by atoms with Crippen molar-refractivity contribution in [2.24, 2.45) is 0 Å². The lowest BCUT2D eigenvalue weighted by atomic mass is 9.89. The topological polar surface area (TPSA) is 123 Å². The van der Waals surface area contributed by atoms with Crippen molar-refractivity contribution in [3.63, 3.8) is 0 Å². The molecule has 39 heavy (non-hydrogen) atoms. The van der Waals surface area contributed by atoms with Crippen LogP contribution in [0.2, 0.25) is 0 Å². The van der Waals surface area contributed by atoms with Crippen LogP contribution in [0, 0.1) is 6.92 Å². The minimum atomic E-state index is -3.61. The molecule has 0 aliphatic carbocycles. The Hall–Kier alpha value is -3.13. The number of phenolic OH excluding ortho intramolecular Hbond substituents is 1. The highest BCUT2D eigenvalue weighted by molar-refractivity contribution is 7.57. The highest BCUT2D eigenvalue weighted by Gasteiger charge is 2.33. The van der Waals surface area contributed by atoms with E-state index in [-0.39, 0.29) is 30.2 Å². The van der Waals surface area contributed by atoms with Gasteiger partial charge >= 0.3 is 19.5 Å². The Labute approximate surface area is 229 Å². The molecule has 0 amide bonds. The predicted molar refractivity (Wildman–Crippen MR) is 148 cm³/mol. The van der Waals surface area contributed by atoms with Gasteiger partial charge < -0.3 is 24.4 Å². The van der Waals surface area contributed by atoms with Crippen LogP contribution in [0.5, 0.6) is 11.5 Å². The number of benzene rings is 2. The molecular weight excluding hydrogens is 519 g/mol. The number of fused-ring (bicyclic) bond motifs is 1. The van der Waals surface area contributed by atoms with Gasteiger partial charge in [-0.3, -0.25) is 9.36 Å². The number of rotatable bonds is 11. The maximum Gasteiger partial charge on any atom is 0.342 e. The van der Waals surface area contributed by atoms with Crippen molar-refractivity contribution >= 4 is 19.5 Å². The van der Waals surface area contributed by atoms with Crippen LogP contribution in [-0.4, -0.2) is 48.4 Å². The summed E-state index contributed by atoms with van der Waals surface area (Å²) in [5.74, 6) is -0.645. The lowest BCUT2D eigenvalue weighted by molar-refractivity contribution is -0.149. The van der Waals surface area contributed by atoms with E-state index in [2.05, 4.69) is 10.4 Å². The molecule has 1 unspecified atom stereocenters.